The van der Waals surface area contributed by atoms with Crippen molar-refractivity contribution in [2.24, 2.45) is 13.0 Å². The van der Waals surface area contributed by atoms with Crippen molar-refractivity contribution >= 4 is 11.6 Å². The van der Waals surface area contributed by atoms with Crippen LogP contribution in [0.1, 0.15) is 25.3 Å². The van der Waals surface area contributed by atoms with Crippen molar-refractivity contribution in [3.8, 4) is 5.75 Å². The van der Waals surface area contributed by atoms with Crippen molar-refractivity contribution in [3.63, 3.8) is 0 Å². The fourth-order valence-electron chi connectivity index (χ4n) is 4.92. The number of aryl methyl sites for hydroxylation is 1. The first-order valence-corrected chi connectivity index (χ1v) is 12.5. The van der Waals surface area contributed by atoms with Crippen molar-refractivity contribution in [2.45, 2.75) is 37.6 Å². The number of alkyl halides is 3. The van der Waals surface area contributed by atoms with E-state index in [2.05, 4.69) is 5.32 Å². The quantitative estimate of drug-likeness (QED) is 0.524. The molecule has 0 saturated carbocycles. The highest BCUT2D eigenvalue weighted by molar-refractivity contribution is 5.95. The molecule has 0 spiro atoms. The molecular weight excluding hydrogens is 529 g/mol. The van der Waals surface area contributed by atoms with Crippen LogP contribution in [-0.4, -0.2) is 72.7 Å². The van der Waals surface area contributed by atoms with Gasteiger partial charge in [0.25, 0.3) is 11.5 Å². The Balaban J connectivity index is 1.69. The van der Waals surface area contributed by atoms with E-state index in [4.69, 9.17) is 14.2 Å². The number of rotatable bonds is 7. The van der Waals surface area contributed by atoms with Gasteiger partial charge in [-0.05, 0) is 19.1 Å². The number of benzene rings is 1. The highest BCUT2D eigenvalue weighted by Gasteiger charge is 2.66. The molecule has 0 unspecified atom stereocenters. The lowest BCUT2D eigenvalue weighted by Gasteiger charge is -2.32. The Morgan fingerprint density at radius 1 is 1.21 bits per heavy atom. The lowest BCUT2D eigenvalue weighted by atomic mass is 9.77. The van der Waals surface area contributed by atoms with Crippen LogP contribution in [0, 0.1) is 17.6 Å². The van der Waals surface area contributed by atoms with E-state index in [1.165, 1.54) is 30.8 Å². The van der Waals surface area contributed by atoms with Crippen LogP contribution < -0.4 is 15.6 Å². The number of aromatic nitrogens is 1. The number of carbonyl (C=O) groups is 1. The molecule has 39 heavy (non-hydrogen) atoms. The Hall–Kier alpha value is -3.03. The minimum atomic E-state index is -4.89. The maximum Gasteiger partial charge on any atom is 0.417 e. The lowest BCUT2D eigenvalue weighted by Crippen LogP contribution is -2.47. The molecule has 13 heteroatoms. The van der Waals surface area contributed by atoms with Crippen LogP contribution in [0.2, 0.25) is 0 Å². The fraction of sp³-hybridized carbons (Fsp3) is 0.538. The molecule has 2 fully saturated rings. The normalized spacial score (nSPS) is 26.0. The van der Waals surface area contributed by atoms with E-state index >= 15 is 4.39 Å². The zero-order valence-corrected chi connectivity index (χ0v) is 21.7. The van der Waals surface area contributed by atoms with Gasteiger partial charge < -0.3 is 24.1 Å². The summed E-state index contributed by atoms with van der Waals surface area (Å²) in [5, 5.41) is 2.42. The molecule has 4 atom stereocenters. The van der Waals surface area contributed by atoms with Gasteiger partial charge in [0.2, 0.25) is 5.82 Å². The number of amides is 1. The van der Waals surface area contributed by atoms with E-state index in [0.29, 0.717) is 32.8 Å². The first kappa shape index (κ1) is 29.0. The first-order valence-electron chi connectivity index (χ1n) is 12.5. The molecule has 1 aromatic heterocycles. The number of anilines is 1. The molecule has 2 aromatic rings. The third kappa shape index (κ3) is 5.80. The maximum atomic E-state index is 15.1. The number of nitrogens with zero attached hydrogens (tertiary/aromatic N) is 2. The summed E-state index contributed by atoms with van der Waals surface area (Å²) < 4.78 is 89.5. The summed E-state index contributed by atoms with van der Waals surface area (Å²) in [6.45, 7) is 4.58. The number of carbonyl (C=O) groups excluding carboxylic acids is 1. The highest BCUT2D eigenvalue weighted by Crippen LogP contribution is 2.55. The molecular formula is C26H30F5N3O5. The van der Waals surface area contributed by atoms with Crippen molar-refractivity contribution < 1.29 is 41.0 Å². The minimum absolute atomic E-state index is 0.0472. The monoisotopic (exact) mass is 559 g/mol. The van der Waals surface area contributed by atoms with E-state index in [9.17, 15) is 27.2 Å². The first-order chi connectivity index (χ1) is 18.3. The van der Waals surface area contributed by atoms with Gasteiger partial charge in [0.05, 0.1) is 13.2 Å². The Morgan fingerprint density at radius 3 is 2.54 bits per heavy atom. The molecule has 8 nitrogen and oxygen atoms in total. The number of halogens is 5. The largest absolute Gasteiger partial charge is 0.489 e. The van der Waals surface area contributed by atoms with Gasteiger partial charge in [-0.3, -0.25) is 14.5 Å². The van der Waals surface area contributed by atoms with Crippen molar-refractivity contribution in [3.05, 3.63) is 58.0 Å². The van der Waals surface area contributed by atoms with Gasteiger partial charge in [0.15, 0.2) is 17.2 Å². The summed E-state index contributed by atoms with van der Waals surface area (Å²) in [5.74, 6) is -6.92. The van der Waals surface area contributed by atoms with Crippen LogP contribution in [0.5, 0.6) is 5.75 Å². The van der Waals surface area contributed by atoms with Crippen LogP contribution in [0.25, 0.3) is 0 Å². The number of pyridine rings is 1. The zero-order valence-electron chi connectivity index (χ0n) is 21.7. The van der Waals surface area contributed by atoms with Crippen molar-refractivity contribution in [1.82, 2.24) is 9.47 Å². The maximum absolute atomic E-state index is 15.1. The van der Waals surface area contributed by atoms with Crippen molar-refractivity contribution in [2.75, 3.05) is 44.8 Å². The van der Waals surface area contributed by atoms with Crippen LogP contribution >= 0.6 is 0 Å². The summed E-state index contributed by atoms with van der Waals surface area (Å²) in [4.78, 5) is 27.3. The second kappa shape index (κ2) is 11.2. The van der Waals surface area contributed by atoms with Gasteiger partial charge in [-0.25, -0.2) is 4.39 Å². The number of hydrogen-bond donors (Lipinski definition) is 1. The average Bonchev–Trinajstić information content (AvgIpc) is 3.16. The summed E-state index contributed by atoms with van der Waals surface area (Å²) in [7, 11) is 1.49. The number of nitrogens with one attached hydrogen (secondary N) is 1. The van der Waals surface area contributed by atoms with Crippen LogP contribution in [0.3, 0.4) is 0 Å². The van der Waals surface area contributed by atoms with Crippen LogP contribution in [-0.2, 0) is 21.3 Å². The Morgan fingerprint density at radius 2 is 1.90 bits per heavy atom. The fourth-order valence-corrected chi connectivity index (χ4v) is 4.92. The molecule has 0 aliphatic carbocycles. The summed E-state index contributed by atoms with van der Waals surface area (Å²) >= 11 is 0. The van der Waals surface area contributed by atoms with E-state index < -0.39 is 58.6 Å². The van der Waals surface area contributed by atoms with E-state index in [-0.39, 0.29) is 17.9 Å². The Bertz CT molecular complexity index is 1260. The molecule has 0 bridgehead atoms. The third-order valence-corrected chi connectivity index (χ3v) is 7.50. The highest BCUT2D eigenvalue weighted by atomic mass is 19.4. The van der Waals surface area contributed by atoms with E-state index in [1.54, 1.807) is 0 Å². The molecule has 4 rings (SSSR count). The van der Waals surface area contributed by atoms with Gasteiger partial charge >= 0.3 is 6.18 Å². The predicted molar refractivity (Wildman–Crippen MR) is 131 cm³/mol. The smallest absolute Gasteiger partial charge is 0.417 e. The predicted octanol–water partition coefficient (Wildman–Crippen LogP) is 3.45. The standard InChI is InChI=1S/C26H30F5N3O5/c1-15-20(17-4-5-18(27)21(28)22(17)38-13-10-34-8-11-37-12-9-34)23(39-25(15,2)26(29,30)31)24(36)32-16-6-7-33(3)19(35)14-16/h4-7,14-15,20,23H,8-13H2,1-3H3,(H,32,36)/t15-,20-,23+,25+/m0/s1. The SMILES string of the molecule is C[C@H]1[C@@H](c2ccc(F)c(F)c2OCCN2CCOCC2)[C@H](C(=O)Nc2ccn(C)c(=O)c2)O[C@@]1(C)C(F)(F)F. The molecule has 3 heterocycles. The van der Waals surface area contributed by atoms with Gasteiger partial charge in [0, 0.05) is 62.0 Å². The van der Waals surface area contributed by atoms with E-state index in [1.807, 2.05) is 4.90 Å². The summed E-state index contributed by atoms with van der Waals surface area (Å²) in [6, 6.07) is 4.40. The van der Waals surface area contributed by atoms with Gasteiger partial charge in [0.1, 0.15) is 12.7 Å². The van der Waals surface area contributed by atoms with Crippen LogP contribution in [0.4, 0.5) is 27.6 Å². The third-order valence-electron chi connectivity index (χ3n) is 7.50. The number of ether oxygens (including phenoxy) is 3. The lowest BCUT2D eigenvalue weighted by molar-refractivity contribution is -0.272. The molecule has 1 amide bonds. The second-order valence-electron chi connectivity index (χ2n) is 9.89. The average molecular weight is 560 g/mol. The van der Waals surface area contributed by atoms with Gasteiger partial charge in [-0.15, -0.1) is 0 Å². The molecule has 1 N–H and O–H groups in total. The summed E-state index contributed by atoms with van der Waals surface area (Å²) in [5.41, 5.74) is -3.32. The van der Waals surface area contributed by atoms with Crippen molar-refractivity contribution in [1.29, 1.82) is 0 Å². The zero-order chi connectivity index (χ0) is 28.5. The molecule has 2 aliphatic heterocycles. The molecule has 0 radical (unpaired) electrons. The molecule has 2 saturated heterocycles. The number of hydrogen-bond acceptors (Lipinski definition) is 6. The van der Waals surface area contributed by atoms with Gasteiger partial charge in [-0.1, -0.05) is 13.0 Å². The molecule has 2 aliphatic rings. The Labute approximate surface area is 221 Å². The molecule has 1 aromatic carbocycles. The van der Waals surface area contributed by atoms with E-state index in [0.717, 1.165) is 25.1 Å². The molecule has 214 valence electrons. The Kier molecular flexibility index (Phi) is 8.33. The van der Waals surface area contributed by atoms with Gasteiger partial charge in [-0.2, -0.15) is 17.6 Å². The topological polar surface area (TPSA) is 82.0 Å². The van der Waals surface area contributed by atoms with Crippen LogP contribution in [0.15, 0.2) is 35.3 Å². The minimum Gasteiger partial charge on any atom is -0.489 e. The second-order valence-corrected chi connectivity index (χ2v) is 9.89. The summed E-state index contributed by atoms with van der Waals surface area (Å²) in [6.07, 6.45) is -5.27. The number of morpholine rings is 1.